The summed E-state index contributed by atoms with van der Waals surface area (Å²) < 4.78 is 4.95. The van der Waals surface area contributed by atoms with Crippen molar-refractivity contribution in [1.29, 1.82) is 0 Å². The SMILES string of the molecule is COc1cc(O)c(C/C=C(\C)CCC=C(C)C)cc1O. The smallest absolute Gasteiger partial charge is 0.164 e. The van der Waals surface area contributed by atoms with Crippen LogP contribution in [0.2, 0.25) is 0 Å². The lowest BCUT2D eigenvalue weighted by Crippen LogP contribution is -1.89. The predicted octanol–water partition coefficient (Wildman–Crippen LogP) is 4.34. The van der Waals surface area contributed by atoms with Crippen LogP contribution in [0.15, 0.2) is 35.4 Å². The van der Waals surface area contributed by atoms with Crippen LogP contribution in [0.5, 0.6) is 17.2 Å². The van der Waals surface area contributed by atoms with Gasteiger partial charge in [-0.05, 0) is 46.1 Å². The summed E-state index contributed by atoms with van der Waals surface area (Å²) in [5, 5.41) is 19.6. The van der Waals surface area contributed by atoms with E-state index in [1.165, 1.54) is 24.3 Å². The number of aromatic hydroxyl groups is 2. The first-order chi connectivity index (χ1) is 9.43. The molecule has 0 aliphatic carbocycles. The quantitative estimate of drug-likeness (QED) is 0.600. The highest BCUT2D eigenvalue weighted by atomic mass is 16.5. The van der Waals surface area contributed by atoms with Gasteiger partial charge in [-0.2, -0.15) is 0 Å². The van der Waals surface area contributed by atoms with E-state index >= 15 is 0 Å². The average molecular weight is 276 g/mol. The molecular weight excluding hydrogens is 252 g/mol. The highest BCUT2D eigenvalue weighted by molar-refractivity contribution is 5.49. The fraction of sp³-hybridized carbons (Fsp3) is 0.412. The van der Waals surface area contributed by atoms with Gasteiger partial charge in [0.25, 0.3) is 0 Å². The van der Waals surface area contributed by atoms with Crippen molar-refractivity contribution in [3.8, 4) is 17.2 Å². The van der Waals surface area contributed by atoms with Gasteiger partial charge in [-0.25, -0.2) is 0 Å². The molecule has 1 aromatic carbocycles. The first-order valence-corrected chi connectivity index (χ1v) is 6.82. The van der Waals surface area contributed by atoms with Crippen molar-refractivity contribution in [2.45, 2.75) is 40.0 Å². The van der Waals surface area contributed by atoms with Crippen LogP contribution < -0.4 is 4.74 Å². The van der Waals surface area contributed by atoms with Crippen molar-refractivity contribution in [2.24, 2.45) is 0 Å². The predicted molar refractivity (Wildman–Crippen MR) is 82.4 cm³/mol. The van der Waals surface area contributed by atoms with Crippen molar-refractivity contribution in [2.75, 3.05) is 7.11 Å². The Kier molecular flexibility index (Phi) is 6.16. The third-order valence-electron chi connectivity index (χ3n) is 3.14. The van der Waals surface area contributed by atoms with Crippen molar-refractivity contribution >= 4 is 0 Å². The zero-order valence-corrected chi connectivity index (χ0v) is 12.7. The standard InChI is InChI=1S/C17H24O3/c1-12(2)6-5-7-13(3)8-9-14-10-16(19)17(20-4)11-15(14)18/h6,8,10-11,18-19H,5,7,9H2,1-4H3/b13-8+. The molecule has 0 radical (unpaired) electrons. The monoisotopic (exact) mass is 276 g/mol. The summed E-state index contributed by atoms with van der Waals surface area (Å²) in [7, 11) is 1.46. The Bertz CT molecular complexity index is 509. The summed E-state index contributed by atoms with van der Waals surface area (Å²) in [6.45, 7) is 6.27. The molecule has 3 heteroatoms. The molecule has 0 amide bonds. The number of allylic oxidation sites excluding steroid dienone is 4. The van der Waals surface area contributed by atoms with E-state index in [4.69, 9.17) is 4.74 Å². The van der Waals surface area contributed by atoms with Gasteiger partial charge in [-0.15, -0.1) is 0 Å². The highest BCUT2D eigenvalue weighted by Crippen LogP contribution is 2.33. The molecule has 1 aromatic rings. The molecule has 0 saturated carbocycles. The molecule has 1 rings (SSSR count). The van der Waals surface area contributed by atoms with Crippen LogP contribution in [0, 0.1) is 0 Å². The number of ether oxygens (including phenoxy) is 1. The third kappa shape index (κ3) is 5.00. The number of hydrogen-bond donors (Lipinski definition) is 2. The van der Waals surface area contributed by atoms with E-state index in [1.807, 2.05) is 0 Å². The number of phenolic OH excluding ortho intramolecular Hbond substituents is 2. The summed E-state index contributed by atoms with van der Waals surface area (Å²) in [6.07, 6.45) is 6.94. The maximum atomic E-state index is 9.88. The third-order valence-corrected chi connectivity index (χ3v) is 3.14. The lowest BCUT2D eigenvalue weighted by Gasteiger charge is -2.08. The Morgan fingerprint density at radius 3 is 2.40 bits per heavy atom. The zero-order valence-electron chi connectivity index (χ0n) is 12.7. The fourth-order valence-corrected chi connectivity index (χ4v) is 1.90. The molecule has 3 nitrogen and oxygen atoms in total. The maximum Gasteiger partial charge on any atom is 0.164 e. The van der Waals surface area contributed by atoms with Crippen LogP contribution in [-0.2, 0) is 6.42 Å². The molecular formula is C17H24O3. The second-order valence-electron chi connectivity index (χ2n) is 5.23. The molecule has 0 spiro atoms. The van der Waals surface area contributed by atoms with Crippen LogP contribution in [0.1, 0.15) is 39.2 Å². The Morgan fingerprint density at radius 1 is 1.10 bits per heavy atom. The van der Waals surface area contributed by atoms with Gasteiger partial charge in [0.15, 0.2) is 11.5 Å². The van der Waals surface area contributed by atoms with Crippen molar-refractivity contribution in [3.63, 3.8) is 0 Å². The number of methoxy groups -OCH3 is 1. The second kappa shape index (κ2) is 7.63. The molecule has 0 atom stereocenters. The molecule has 110 valence electrons. The summed E-state index contributed by atoms with van der Waals surface area (Å²) in [5.41, 5.74) is 3.30. The fourth-order valence-electron chi connectivity index (χ4n) is 1.90. The van der Waals surface area contributed by atoms with Gasteiger partial charge in [-0.3, -0.25) is 0 Å². The zero-order chi connectivity index (χ0) is 15.1. The Labute approximate surface area is 121 Å². The second-order valence-corrected chi connectivity index (χ2v) is 5.23. The molecule has 0 bridgehead atoms. The van der Waals surface area contributed by atoms with E-state index in [0.29, 0.717) is 12.0 Å². The van der Waals surface area contributed by atoms with E-state index in [2.05, 4.69) is 32.9 Å². The number of hydrogen-bond acceptors (Lipinski definition) is 3. The molecule has 0 aliphatic heterocycles. The molecule has 2 N–H and O–H groups in total. The summed E-state index contributed by atoms with van der Waals surface area (Å²) >= 11 is 0. The molecule has 0 aliphatic rings. The first-order valence-electron chi connectivity index (χ1n) is 6.82. The lowest BCUT2D eigenvalue weighted by atomic mass is 10.0. The minimum absolute atomic E-state index is 0.0518. The van der Waals surface area contributed by atoms with Crippen molar-refractivity contribution in [1.82, 2.24) is 0 Å². The molecule has 0 saturated heterocycles. The van der Waals surface area contributed by atoms with Crippen LogP contribution in [0.25, 0.3) is 0 Å². The summed E-state index contributed by atoms with van der Waals surface area (Å²) in [6, 6.07) is 2.99. The van der Waals surface area contributed by atoms with Crippen molar-refractivity contribution in [3.05, 3.63) is 41.0 Å². The Hall–Kier alpha value is -1.90. The van der Waals surface area contributed by atoms with Gasteiger partial charge in [0, 0.05) is 11.6 Å². The van der Waals surface area contributed by atoms with E-state index in [9.17, 15) is 10.2 Å². The normalized spacial score (nSPS) is 11.3. The summed E-state index contributed by atoms with van der Waals surface area (Å²) in [5.74, 6) is 0.486. The summed E-state index contributed by atoms with van der Waals surface area (Å²) in [4.78, 5) is 0. The molecule has 0 heterocycles. The van der Waals surface area contributed by atoms with E-state index < -0.39 is 0 Å². The first kappa shape index (κ1) is 16.2. The molecule has 20 heavy (non-hydrogen) atoms. The van der Waals surface area contributed by atoms with E-state index in [-0.39, 0.29) is 17.2 Å². The van der Waals surface area contributed by atoms with Gasteiger partial charge in [0.1, 0.15) is 5.75 Å². The van der Waals surface area contributed by atoms with Gasteiger partial charge in [-0.1, -0.05) is 23.3 Å². The Balaban J connectivity index is 2.69. The molecule has 0 aromatic heterocycles. The number of phenols is 2. The van der Waals surface area contributed by atoms with Gasteiger partial charge in [0.2, 0.25) is 0 Å². The van der Waals surface area contributed by atoms with Gasteiger partial charge in [0.05, 0.1) is 7.11 Å². The van der Waals surface area contributed by atoms with Crippen LogP contribution in [0.3, 0.4) is 0 Å². The van der Waals surface area contributed by atoms with E-state index in [1.54, 1.807) is 6.07 Å². The van der Waals surface area contributed by atoms with E-state index in [0.717, 1.165) is 12.8 Å². The average Bonchev–Trinajstić information content (AvgIpc) is 2.38. The molecule has 0 fully saturated rings. The molecule has 0 unspecified atom stereocenters. The Morgan fingerprint density at radius 2 is 1.80 bits per heavy atom. The number of rotatable bonds is 6. The topological polar surface area (TPSA) is 49.7 Å². The largest absolute Gasteiger partial charge is 0.508 e. The van der Waals surface area contributed by atoms with Crippen LogP contribution in [-0.4, -0.2) is 17.3 Å². The van der Waals surface area contributed by atoms with Crippen molar-refractivity contribution < 1.29 is 14.9 Å². The number of benzene rings is 1. The lowest BCUT2D eigenvalue weighted by molar-refractivity contribution is 0.367. The van der Waals surface area contributed by atoms with Crippen LogP contribution >= 0.6 is 0 Å². The van der Waals surface area contributed by atoms with Gasteiger partial charge >= 0.3 is 0 Å². The minimum Gasteiger partial charge on any atom is -0.508 e. The van der Waals surface area contributed by atoms with Gasteiger partial charge < -0.3 is 14.9 Å². The maximum absolute atomic E-state index is 9.88. The minimum atomic E-state index is 0.0518. The van der Waals surface area contributed by atoms with Crippen LogP contribution in [0.4, 0.5) is 0 Å². The highest BCUT2D eigenvalue weighted by Gasteiger charge is 2.08.